The maximum absolute atomic E-state index is 11.9. The van der Waals surface area contributed by atoms with E-state index in [1.165, 1.54) is 0 Å². The molecule has 6 heteroatoms. The predicted molar refractivity (Wildman–Crippen MR) is 68.8 cm³/mol. The number of carboxylic acids is 1. The van der Waals surface area contributed by atoms with Crippen molar-refractivity contribution in [3.63, 3.8) is 0 Å². The van der Waals surface area contributed by atoms with E-state index in [4.69, 9.17) is 9.84 Å². The van der Waals surface area contributed by atoms with Crippen molar-refractivity contribution in [3.05, 3.63) is 0 Å². The molecule has 5 atom stereocenters. The van der Waals surface area contributed by atoms with Crippen molar-refractivity contribution in [2.24, 2.45) is 5.92 Å². The van der Waals surface area contributed by atoms with Gasteiger partial charge in [-0.25, -0.2) is 9.59 Å². The van der Waals surface area contributed by atoms with E-state index in [2.05, 4.69) is 10.6 Å². The molecular formula is C13H22N2O4. The molecule has 6 nitrogen and oxygen atoms in total. The Balaban J connectivity index is 1.84. The van der Waals surface area contributed by atoms with Crippen LogP contribution in [0, 0.1) is 5.92 Å². The molecule has 0 aliphatic carbocycles. The van der Waals surface area contributed by atoms with Crippen molar-refractivity contribution in [1.82, 2.24) is 10.6 Å². The van der Waals surface area contributed by atoms with Crippen LogP contribution in [0.3, 0.4) is 0 Å². The van der Waals surface area contributed by atoms with Crippen LogP contribution in [0.15, 0.2) is 0 Å². The average molecular weight is 270 g/mol. The third-order valence-corrected chi connectivity index (χ3v) is 4.19. The van der Waals surface area contributed by atoms with E-state index >= 15 is 0 Å². The van der Waals surface area contributed by atoms with E-state index in [1.54, 1.807) is 0 Å². The van der Waals surface area contributed by atoms with Gasteiger partial charge >= 0.3 is 12.0 Å². The first-order chi connectivity index (χ1) is 9.01. The Kier molecular flexibility index (Phi) is 4.29. The molecule has 2 heterocycles. The van der Waals surface area contributed by atoms with Crippen molar-refractivity contribution < 1.29 is 19.4 Å². The maximum atomic E-state index is 11.9. The number of carboxylic acid groups (broad SMARTS) is 1. The van der Waals surface area contributed by atoms with E-state index in [-0.39, 0.29) is 24.2 Å². The lowest BCUT2D eigenvalue weighted by atomic mass is 9.95. The Bertz CT molecular complexity index is 361. The normalized spacial score (nSPS) is 31.8. The van der Waals surface area contributed by atoms with Crippen molar-refractivity contribution in [2.75, 3.05) is 0 Å². The number of rotatable bonds is 5. The quantitative estimate of drug-likeness (QED) is 0.698. The summed E-state index contributed by atoms with van der Waals surface area (Å²) in [7, 11) is 0. The minimum Gasteiger partial charge on any atom is -0.480 e. The zero-order valence-electron chi connectivity index (χ0n) is 11.4. The van der Waals surface area contributed by atoms with Crippen molar-refractivity contribution in [1.29, 1.82) is 0 Å². The molecule has 5 unspecified atom stereocenters. The zero-order valence-corrected chi connectivity index (χ0v) is 11.4. The first kappa shape index (κ1) is 14.1. The molecule has 2 aliphatic heterocycles. The smallest absolute Gasteiger partial charge is 0.326 e. The van der Waals surface area contributed by atoms with Crippen LogP contribution < -0.4 is 10.6 Å². The summed E-state index contributed by atoms with van der Waals surface area (Å²) in [4.78, 5) is 23.0. The molecule has 2 saturated heterocycles. The molecule has 2 amide bonds. The Morgan fingerprint density at radius 3 is 2.63 bits per heavy atom. The summed E-state index contributed by atoms with van der Waals surface area (Å²) in [5, 5.41) is 14.5. The van der Waals surface area contributed by atoms with Crippen LogP contribution in [0.4, 0.5) is 4.79 Å². The van der Waals surface area contributed by atoms with Gasteiger partial charge in [-0.1, -0.05) is 20.3 Å². The highest BCUT2D eigenvalue weighted by Gasteiger charge is 2.41. The van der Waals surface area contributed by atoms with Gasteiger partial charge in [0.25, 0.3) is 0 Å². The van der Waals surface area contributed by atoms with E-state index in [9.17, 15) is 9.59 Å². The van der Waals surface area contributed by atoms with Crippen molar-refractivity contribution >= 4 is 12.0 Å². The van der Waals surface area contributed by atoms with E-state index in [0.29, 0.717) is 6.42 Å². The second-order valence-electron chi connectivity index (χ2n) is 5.54. The summed E-state index contributed by atoms with van der Waals surface area (Å²) in [6.45, 7) is 3.73. The Morgan fingerprint density at radius 1 is 1.42 bits per heavy atom. The summed E-state index contributed by atoms with van der Waals surface area (Å²) in [6.07, 6.45) is 3.94. The molecule has 0 spiro atoms. The molecule has 3 N–H and O–H groups in total. The number of amides is 2. The molecule has 0 radical (unpaired) electrons. The van der Waals surface area contributed by atoms with Gasteiger partial charge in [-0.3, -0.25) is 0 Å². The number of hydrogen-bond acceptors (Lipinski definition) is 3. The number of urea groups is 1. The van der Waals surface area contributed by atoms with Crippen LogP contribution in [0.5, 0.6) is 0 Å². The molecule has 2 aliphatic rings. The lowest BCUT2D eigenvalue weighted by Crippen LogP contribution is -2.53. The molecule has 0 aromatic rings. The largest absolute Gasteiger partial charge is 0.480 e. The fourth-order valence-electron chi connectivity index (χ4n) is 2.82. The Labute approximate surface area is 112 Å². The standard InChI is InChI=1S/C13H22N2O4/c1-3-7(2)11(12(16)17)15-13(18)14-9-6-8-4-5-10(9)19-8/h7-11H,3-6H2,1-2H3,(H,16,17)(H2,14,15,18). The number of fused-ring (bicyclic) bond motifs is 2. The number of carbonyl (C=O) groups is 2. The first-order valence-electron chi connectivity index (χ1n) is 6.96. The third-order valence-electron chi connectivity index (χ3n) is 4.19. The van der Waals surface area contributed by atoms with Crippen LogP contribution in [-0.2, 0) is 9.53 Å². The highest BCUT2D eigenvalue weighted by atomic mass is 16.5. The zero-order chi connectivity index (χ0) is 14.0. The van der Waals surface area contributed by atoms with E-state index in [1.807, 2.05) is 13.8 Å². The topological polar surface area (TPSA) is 87.7 Å². The van der Waals surface area contributed by atoms with Crippen molar-refractivity contribution in [3.8, 4) is 0 Å². The first-order valence-corrected chi connectivity index (χ1v) is 6.96. The van der Waals surface area contributed by atoms with Gasteiger partial charge in [0.1, 0.15) is 6.04 Å². The number of aliphatic carboxylic acids is 1. The van der Waals surface area contributed by atoms with Gasteiger partial charge < -0.3 is 20.5 Å². The van der Waals surface area contributed by atoms with Crippen LogP contribution in [0.2, 0.25) is 0 Å². The van der Waals surface area contributed by atoms with Gasteiger partial charge in [-0.15, -0.1) is 0 Å². The second kappa shape index (κ2) is 5.77. The fraction of sp³-hybridized carbons (Fsp3) is 0.846. The summed E-state index contributed by atoms with van der Waals surface area (Å²) < 4.78 is 5.65. The van der Waals surface area contributed by atoms with Gasteiger partial charge in [0, 0.05) is 0 Å². The van der Waals surface area contributed by atoms with Gasteiger partial charge in [0.05, 0.1) is 18.2 Å². The van der Waals surface area contributed by atoms with Gasteiger partial charge in [-0.2, -0.15) is 0 Å². The number of hydrogen-bond donors (Lipinski definition) is 3. The third kappa shape index (κ3) is 3.18. The summed E-state index contributed by atoms with van der Waals surface area (Å²) in [5.74, 6) is -1.09. The minimum atomic E-state index is -0.992. The van der Waals surface area contributed by atoms with Crippen LogP contribution in [0.25, 0.3) is 0 Å². The molecule has 0 aromatic heterocycles. The lowest BCUT2D eigenvalue weighted by Gasteiger charge is -2.24. The predicted octanol–water partition coefficient (Wildman–Crippen LogP) is 1.10. The molecule has 2 rings (SSSR count). The molecule has 19 heavy (non-hydrogen) atoms. The molecule has 0 saturated carbocycles. The highest BCUT2D eigenvalue weighted by Crippen LogP contribution is 2.34. The van der Waals surface area contributed by atoms with E-state index < -0.39 is 18.0 Å². The lowest BCUT2D eigenvalue weighted by molar-refractivity contribution is -0.140. The molecule has 2 fully saturated rings. The van der Waals surface area contributed by atoms with Gasteiger partial charge in [0.15, 0.2) is 0 Å². The Morgan fingerprint density at radius 2 is 2.16 bits per heavy atom. The minimum absolute atomic E-state index is 0.0186. The van der Waals surface area contributed by atoms with Gasteiger partial charge in [-0.05, 0) is 25.2 Å². The fourth-order valence-corrected chi connectivity index (χ4v) is 2.82. The van der Waals surface area contributed by atoms with Crippen LogP contribution in [0.1, 0.15) is 39.5 Å². The number of carbonyl (C=O) groups excluding carboxylic acids is 1. The number of nitrogens with one attached hydrogen (secondary N) is 2. The molecule has 108 valence electrons. The van der Waals surface area contributed by atoms with Crippen LogP contribution in [-0.4, -0.2) is 41.4 Å². The highest BCUT2D eigenvalue weighted by molar-refractivity contribution is 5.82. The maximum Gasteiger partial charge on any atom is 0.326 e. The SMILES string of the molecule is CCC(C)C(NC(=O)NC1CC2CCC1O2)C(=O)O. The van der Waals surface area contributed by atoms with E-state index in [0.717, 1.165) is 19.3 Å². The second-order valence-corrected chi connectivity index (χ2v) is 5.54. The van der Waals surface area contributed by atoms with Gasteiger partial charge in [0.2, 0.25) is 0 Å². The van der Waals surface area contributed by atoms with Crippen molar-refractivity contribution in [2.45, 2.75) is 63.8 Å². The summed E-state index contributed by atoms with van der Waals surface area (Å²) in [6, 6.07) is -1.23. The monoisotopic (exact) mass is 270 g/mol. The number of ether oxygens (including phenoxy) is 1. The Hall–Kier alpha value is -1.30. The molecular weight excluding hydrogens is 248 g/mol. The van der Waals surface area contributed by atoms with Crippen LogP contribution >= 0.6 is 0 Å². The molecule has 2 bridgehead atoms. The molecule has 0 aromatic carbocycles. The summed E-state index contributed by atoms with van der Waals surface area (Å²) in [5.41, 5.74) is 0. The average Bonchev–Trinajstić information content (AvgIpc) is 2.96. The summed E-state index contributed by atoms with van der Waals surface area (Å²) >= 11 is 0.